The molecule has 1 heterocycles. The fourth-order valence-electron chi connectivity index (χ4n) is 2.42. The highest BCUT2D eigenvalue weighted by Gasteiger charge is 2.22. The molecule has 0 fully saturated rings. The van der Waals surface area contributed by atoms with Crippen LogP contribution in [0, 0.1) is 10.1 Å². The minimum atomic E-state index is -1.24. The van der Waals surface area contributed by atoms with Crippen LogP contribution in [0.1, 0.15) is 10.4 Å². The molecule has 0 aliphatic carbocycles. The van der Waals surface area contributed by atoms with Crippen molar-refractivity contribution in [3.8, 4) is 0 Å². The van der Waals surface area contributed by atoms with Crippen LogP contribution in [0.5, 0.6) is 0 Å². The molecule has 0 radical (unpaired) electrons. The minimum Gasteiger partial charge on any atom is -0.478 e. The van der Waals surface area contributed by atoms with E-state index in [2.05, 4.69) is 10.4 Å². The van der Waals surface area contributed by atoms with Gasteiger partial charge in [0.2, 0.25) is 0 Å². The van der Waals surface area contributed by atoms with Gasteiger partial charge in [0.15, 0.2) is 0 Å². The van der Waals surface area contributed by atoms with Gasteiger partial charge < -0.3 is 10.4 Å². The number of para-hydroxylation sites is 1. The third-order valence-electron chi connectivity index (χ3n) is 3.52. The van der Waals surface area contributed by atoms with Crippen LogP contribution in [0.25, 0.3) is 10.9 Å². The van der Waals surface area contributed by atoms with Gasteiger partial charge in [-0.25, -0.2) is 4.79 Å². The topological polar surface area (TPSA) is 110 Å². The summed E-state index contributed by atoms with van der Waals surface area (Å²) in [5.41, 5.74) is 0.852. The minimum absolute atomic E-state index is 0.0543. The largest absolute Gasteiger partial charge is 0.478 e. The van der Waals surface area contributed by atoms with Gasteiger partial charge in [0.1, 0.15) is 5.69 Å². The number of carboxylic acids is 1. The summed E-state index contributed by atoms with van der Waals surface area (Å²) in [7, 11) is 1.78. The highest BCUT2D eigenvalue weighted by atomic mass is 16.6. The highest BCUT2D eigenvalue weighted by molar-refractivity contribution is 6.01. The number of fused-ring (bicyclic) bond motifs is 1. The molecule has 3 rings (SSSR count). The third-order valence-corrected chi connectivity index (χ3v) is 3.52. The van der Waals surface area contributed by atoms with E-state index >= 15 is 0 Å². The second kappa shape index (κ2) is 5.41. The predicted octanol–water partition coefficient (Wildman–Crippen LogP) is 2.92. The van der Waals surface area contributed by atoms with Crippen LogP contribution in [0.15, 0.2) is 42.6 Å². The Labute approximate surface area is 130 Å². The van der Waals surface area contributed by atoms with Gasteiger partial charge in [0, 0.05) is 24.2 Å². The van der Waals surface area contributed by atoms with E-state index < -0.39 is 10.9 Å². The normalized spacial score (nSPS) is 10.7. The number of anilines is 2. The van der Waals surface area contributed by atoms with Crippen molar-refractivity contribution in [1.82, 2.24) is 9.78 Å². The molecule has 2 aromatic carbocycles. The first-order chi connectivity index (χ1) is 11.0. The van der Waals surface area contributed by atoms with E-state index in [-0.39, 0.29) is 16.9 Å². The number of nitro benzene ring substituents is 1. The molecule has 0 saturated carbocycles. The Hall–Kier alpha value is -3.42. The van der Waals surface area contributed by atoms with Gasteiger partial charge in [0.25, 0.3) is 5.69 Å². The number of hydrogen-bond donors (Lipinski definition) is 2. The lowest BCUT2D eigenvalue weighted by molar-refractivity contribution is -0.383. The van der Waals surface area contributed by atoms with Gasteiger partial charge in [-0.15, -0.1) is 0 Å². The van der Waals surface area contributed by atoms with E-state index in [1.165, 1.54) is 18.2 Å². The van der Waals surface area contributed by atoms with E-state index in [0.717, 1.165) is 10.9 Å². The number of hydrogen-bond acceptors (Lipinski definition) is 5. The average Bonchev–Trinajstić information content (AvgIpc) is 2.89. The van der Waals surface area contributed by atoms with Crippen LogP contribution in [0.4, 0.5) is 17.1 Å². The first-order valence-corrected chi connectivity index (χ1v) is 6.67. The van der Waals surface area contributed by atoms with Crippen LogP contribution in [-0.2, 0) is 7.05 Å². The highest BCUT2D eigenvalue weighted by Crippen LogP contribution is 2.33. The maximum atomic E-state index is 11.4. The Morgan fingerprint density at radius 1 is 1.30 bits per heavy atom. The van der Waals surface area contributed by atoms with Crippen molar-refractivity contribution in [2.45, 2.75) is 0 Å². The fourth-order valence-corrected chi connectivity index (χ4v) is 2.42. The Kier molecular flexibility index (Phi) is 3.41. The summed E-state index contributed by atoms with van der Waals surface area (Å²) in [6.45, 7) is 0. The summed E-state index contributed by atoms with van der Waals surface area (Å²) < 4.78 is 1.66. The van der Waals surface area contributed by atoms with Crippen molar-refractivity contribution in [2.75, 3.05) is 5.32 Å². The van der Waals surface area contributed by atoms with Crippen LogP contribution in [-0.4, -0.2) is 25.8 Å². The Bertz CT molecular complexity index is 900. The second-order valence-electron chi connectivity index (χ2n) is 4.89. The number of aromatic nitrogens is 2. The van der Waals surface area contributed by atoms with Crippen LogP contribution < -0.4 is 5.32 Å². The number of nitro groups is 1. The molecule has 0 atom stereocenters. The monoisotopic (exact) mass is 312 g/mol. The Morgan fingerprint density at radius 2 is 2.04 bits per heavy atom. The molecule has 3 aromatic rings. The van der Waals surface area contributed by atoms with Gasteiger partial charge in [0.05, 0.1) is 22.2 Å². The number of nitrogens with zero attached hydrogens (tertiary/aromatic N) is 3. The molecule has 23 heavy (non-hydrogen) atoms. The van der Waals surface area contributed by atoms with Crippen LogP contribution in [0.2, 0.25) is 0 Å². The van der Waals surface area contributed by atoms with Crippen LogP contribution in [0.3, 0.4) is 0 Å². The molecule has 0 amide bonds. The Morgan fingerprint density at radius 3 is 2.74 bits per heavy atom. The predicted molar refractivity (Wildman–Crippen MR) is 84.1 cm³/mol. The molecule has 0 unspecified atom stereocenters. The first kappa shape index (κ1) is 14.5. The number of benzene rings is 2. The van der Waals surface area contributed by atoms with E-state index in [1.54, 1.807) is 30.1 Å². The molecule has 2 N–H and O–H groups in total. The number of rotatable bonds is 4. The number of nitrogens with one attached hydrogen (secondary N) is 1. The van der Waals surface area contributed by atoms with Crippen molar-refractivity contribution in [3.63, 3.8) is 0 Å². The van der Waals surface area contributed by atoms with E-state index in [1.807, 2.05) is 6.07 Å². The smallest absolute Gasteiger partial charge is 0.338 e. The zero-order valence-electron chi connectivity index (χ0n) is 12.1. The molecule has 0 saturated heterocycles. The van der Waals surface area contributed by atoms with Crippen molar-refractivity contribution in [2.24, 2.45) is 7.05 Å². The number of carboxylic acid groups (broad SMARTS) is 1. The molecular formula is C15H12N4O4. The molecular weight excluding hydrogens is 300 g/mol. The number of aromatic carboxylic acids is 1. The lowest BCUT2D eigenvalue weighted by Crippen LogP contribution is -2.06. The molecule has 1 aromatic heterocycles. The maximum Gasteiger partial charge on any atom is 0.338 e. The average molecular weight is 312 g/mol. The zero-order valence-corrected chi connectivity index (χ0v) is 12.1. The van der Waals surface area contributed by atoms with E-state index in [0.29, 0.717) is 5.69 Å². The summed E-state index contributed by atoms with van der Waals surface area (Å²) in [5.74, 6) is -1.24. The SMILES string of the molecule is Cn1ncc2c(Nc3c(C(=O)O)cccc3[N+](=O)[O-])cccc21. The summed E-state index contributed by atoms with van der Waals surface area (Å²) >= 11 is 0. The molecule has 116 valence electrons. The third kappa shape index (κ3) is 2.46. The fraction of sp³-hybridized carbons (Fsp3) is 0.0667. The first-order valence-electron chi connectivity index (χ1n) is 6.67. The summed E-state index contributed by atoms with van der Waals surface area (Å²) in [4.78, 5) is 22.0. The van der Waals surface area contributed by atoms with Gasteiger partial charge in [-0.1, -0.05) is 12.1 Å². The molecule has 0 bridgehead atoms. The summed E-state index contributed by atoms with van der Waals surface area (Å²) in [5, 5.41) is 28.3. The molecule has 0 aliphatic rings. The number of carbonyl (C=O) groups is 1. The van der Waals surface area contributed by atoms with Crippen molar-refractivity contribution >= 4 is 33.9 Å². The van der Waals surface area contributed by atoms with Crippen LogP contribution >= 0.6 is 0 Å². The second-order valence-corrected chi connectivity index (χ2v) is 4.89. The lowest BCUT2D eigenvalue weighted by Gasteiger charge is -2.11. The van der Waals surface area contributed by atoms with E-state index in [4.69, 9.17) is 0 Å². The van der Waals surface area contributed by atoms with Crippen molar-refractivity contribution in [3.05, 3.63) is 58.3 Å². The summed E-state index contributed by atoms with van der Waals surface area (Å²) in [6, 6.07) is 9.26. The Balaban J connectivity index is 2.18. The standard InChI is InChI=1S/C15H12N4O4/c1-18-12-6-3-5-11(10(12)8-16-18)17-14-9(15(20)21)4-2-7-13(14)19(22)23/h2-8,17H,1H3,(H,20,21). The van der Waals surface area contributed by atoms with Crippen molar-refractivity contribution in [1.29, 1.82) is 0 Å². The van der Waals surface area contributed by atoms with Gasteiger partial charge in [-0.3, -0.25) is 14.8 Å². The molecule has 8 heteroatoms. The quantitative estimate of drug-likeness (QED) is 0.566. The van der Waals surface area contributed by atoms with Crippen molar-refractivity contribution < 1.29 is 14.8 Å². The molecule has 0 spiro atoms. The van der Waals surface area contributed by atoms with Gasteiger partial charge >= 0.3 is 5.97 Å². The van der Waals surface area contributed by atoms with Gasteiger partial charge in [-0.2, -0.15) is 5.10 Å². The van der Waals surface area contributed by atoms with Gasteiger partial charge in [-0.05, 0) is 18.2 Å². The maximum absolute atomic E-state index is 11.4. The summed E-state index contributed by atoms with van der Waals surface area (Å²) in [6.07, 6.45) is 1.62. The lowest BCUT2D eigenvalue weighted by atomic mass is 10.1. The molecule has 0 aliphatic heterocycles. The zero-order chi connectivity index (χ0) is 16.6. The molecule has 8 nitrogen and oxygen atoms in total. The number of aryl methyl sites for hydroxylation is 1. The van der Waals surface area contributed by atoms with E-state index in [9.17, 15) is 20.0 Å².